The molecule has 2 aromatic rings. The summed E-state index contributed by atoms with van der Waals surface area (Å²) >= 11 is 0. The number of amides is 1. The van der Waals surface area contributed by atoms with Gasteiger partial charge in [0.1, 0.15) is 0 Å². The summed E-state index contributed by atoms with van der Waals surface area (Å²) in [6.45, 7) is 5.05. The highest BCUT2D eigenvalue weighted by molar-refractivity contribution is 7.86. The Hall–Kier alpha value is -2.26. The van der Waals surface area contributed by atoms with E-state index in [9.17, 15) is 13.2 Å². The van der Waals surface area contributed by atoms with Crippen molar-refractivity contribution < 1.29 is 17.9 Å². The Bertz CT molecular complexity index is 1010. The fraction of sp³-hybridized carbons (Fsp3) is 0.409. The highest BCUT2D eigenvalue weighted by Crippen LogP contribution is 2.23. The average Bonchev–Trinajstić information content (AvgIpc) is 2.79. The highest BCUT2D eigenvalue weighted by Gasteiger charge is 2.34. The normalized spacial score (nSPS) is 19.0. The van der Waals surface area contributed by atoms with Crippen LogP contribution in [0.25, 0.3) is 11.1 Å². The molecule has 2 aliphatic rings. The predicted octanol–water partition coefficient (Wildman–Crippen LogP) is 2.00. The first-order valence-electron chi connectivity index (χ1n) is 10.2. The van der Waals surface area contributed by atoms with Crippen LogP contribution in [0.5, 0.6) is 0 Å². The third-order valence-corrected chi connectivity index (χ3v) is 7.64. The SMILES string of the molecule is Cc1cccc(-c2cccc(C(=O)N3CCN(S(=O)(=O)N4CCOCC4)CC3)c2)c1. The minimum absolute atomic E-state index is 0.0621. The van der Waals surface area contributed by atoms with E-state index in [2.05, 4.69) is 6.07 Å². The molecule has 0 radical (unpaired) electrons. The van der Waals surface area contributed by atoms with Gasteiger partial charge in [-0.25, -0.2) is 0 Å². The summed E-state index contributed by atoms with van der Waals surface area (Å²) in [5.41, 5.74) is 3.87. The average molecular weight is 430 g/mol. The van der Waals surface area contributed by atoms with E-state index in [1.165, 1.54) is 14.2 Å². The molecule has 0 aromatic heterocycles. The smallest absolute Gasteiger partial charge is 0.282 e. The lowest BCUT2D eigenvalue weighted by molar-refractivity contribution is 0.0636. The third-order valence-electron chi connectivity index (χ3n) is 5.61. The van der Waals surface area contributed by atoms with Crippen LogP contribution in [-0.2, 0) is 14.9 Å². The molecule has 2 aliphatic heterocycles. The lowest BCUT2D eigenvalue weighted by Crippen LogP contribution is -2.55. The maximum absolute atomic E-state index is 13.0. The molecule has 4 rings (SSSR count). The number of aryl methyl sites for hydroxylation is 1. The highest BCUT2D eigenvalue weighted by atomic mass is 32.2. The first kappa shape index (κ1) is 21.0. The molecule has 2 fully saturated rings. The molecule has 0 bridgehead atoms. The van der Waals surface area contributed by atoms with Crippen LogP contribution >= 0.6 is 0 Å². The summed E-state index contributed by atoms with van der Waals surface area (Å²) in [5.74, 6) is -0.0621. The van der Waals surface area contributed by atoms with Crippen molar-refractivity contribution in [1.82, 2.24) is 13.5 Å². The number of benzene rings is 2. The standard InChI is InChI=1S/C22H27N3O4S/c1-18-4-2-5-19(16-18)20-6-3-7-21(17-20)22(26)23-8-10-24(11-9-23)30(27,28)25-12-14-29-15-13-25/h2-7,16-17H,8-15H2,1H3. The van der Waals surface area contributed by atoms with Gasteiger partial charge >= 0.3 is 0 Å². The topological polar surface area (TPSA) is 70.2 Å². The van der Waals surface area contributed by atoms with Crippen LogP contribution in [-0.4, -0.2) is 80.3 Å². The van der Waals surface area contributed by atoms with Crippen molar-refractivity contribution in [1.29, 1.82) is 0 Å². The Balaban J connectivity index is 1.43. The first-order chi connectivity index (χ1) is 14.4. The molecule has 0 saturated carbocycles. The second kappa shape index (κ2) is 8.85. The molecule has 1 amide bonds. The summed E-state index contributed by atoms with van der Waals surface area (Å²) in [6, 6.07) is 15.8. The van der Waals surface area contributed by atoms with Gasteiger partial charge in [-0.1, -0.05) is 42.0 Å². The van der Waals surface area contributed by atoms with E-state index in [0.29, 0.717) is 58.0 Å². The Labute approximate surface area is 178 Å². The number of hydrogen-bond acceptors (Lipinski definition) is 4. The van der Waals surface area contributed by atoms with Gasteiger partial charge in [-0.2, -0.15) is 17.0 Å². The van der Waals surface area contributed by atoms with Crippen molar-refractivity contribution in [3.63, 3.8) is 0 Å². The fourth-order valence-electron chi connectivity index (χ4n) is 3.90. The second-order valence-electron chi connectivity index (χ2n) is 7.66. The molecule has 30 heavy (non-hydrogen) atoms. The van der Waals surface area contributed by atoms with Crippen molar-refractivity contribution in [2.24, 2.45) is 0 Å². The van der Waals surface area contributed by atoms with Gasteiger partial charge in [-0.3, -0.25) is 4.79 Å². The number of hydrogen-bond donors (Lipinski definition) is 0. The molecule has 0 aliphatic carbocycles. The zero-order chi connectivity index (χ0) is 21.1. The minimum Gasteiger partial charge on any atom is -0.379 e. The summed E-state index contributed by atoms with van der Waals surface area (Å²) in [5, 5.41) is 0. The van der Waals surface area contributed by atoms with Crippen molar-refractivity contribution in [2.75, 3.05) is 52.5 Å². The number of piperazine rings is 1. The Morgan fingerprint density at radius 3 is 2.10 bits per heavy atom. The number of rotatable bonds is 4. The van der Waals surface area contributed by atoms with Crippen LogP contribution in [0.2, 0.25) is 0 Å². The molecule has 2 saturated heterocycles. The number of nitrogens with zero attached hydrogens (tertiary/aromatic N) is 3. The van der Waals surface area contributed by atoms with Gasteiger partial charge in [0.2, 0.25) is 0 Å². The van der Waals surface area contributed by atoms with Gasteiger partial charge in [0, 0.05) is 44.8 Å². The summed E-state index contributed by atoms with van der Waals surface area (Å²) in [6.07, 6.45) is 0. The maximum atomic E-state index is 13.0. The lowest BCUT2D eigenvalue weighted by atomic mass is 10.0. The van der Waals surface area contributed by atoms with Gasteiger partial charge < -0.3 is 9.64 Å². The van der Waals surface area contributed by atoms with Crippen molar-refractivity contribution >= 4 is 16.1 Å². The molecule has 2 aromatic carbocycles. The molecular formula is C22H27N3O4S. The van der Waals surface area contributed by atoms with E-state index in [0.717, 1.165) is 11.1 Å². The van der Waals surface area contributed by atoms with Gasteiger partial charge in [-0.05, 0) is 30.2 Å². The number of carbonyl (C=O) groups is 1. The van der Waals surface area contributed by atoms with E-state index < -0.39 is 10.2 Å². The molecule has 160 valence electrons. The van der Waals surface area contributed by atoms with Crippen LogP contribution in [0.3, 0.4) is 0 Å². The number of ether oxygens (including phenoxy) is 1. The molecule has 8 heteroatoms. The molecule has 0 N–H and O–H groups in total. The fourth-order valence-corrected chi connectivity index (χ4v) is 5.46. The number of morpholine rings is 1. The van der Waals surface area contributed by atoms with Crippen LogP contribution < -0.4 is 0 Å². The predicted molar refractivity (Wildman–Crippen MR) is 115 cm³/mol. The van der Waals surface area contributed by atoms with Crippen molar-refractivity contribution in [3.8, 4) is 11.1 Å². The Morgan fingerprint density at radius 1 is 0.833 bits per heavy atom. The molecule has 7 nitrogen and oxygen atoms in total. The quantitative estimate of drug-likeness (QED) is 0.745. The monoisotopic (exact) mass is 429 g/mol. The van der Waals surface area contributed by atoms with Gasteiger partial charge in [0.25, 0.3) is 16.1 Å². The van der Waals surface area contributed by atoms with Crippen LogP contribution in [0.1, 0.15) is 15.9 Å². The van der Waals surface area contributed by atoms with E-state index in [1.54, 1.807) is 4.90 Å². The van der Waals surface area contributed by atoms with E-state index >= 15 is 0 Å². The van der Waals surface area contributed by atoms with Crippen LogP contribution in [0, 0.1) is 6.92 Å². The van der Waals surface area contributed by atoms with Crippen molar-refractivity contribution in [2.45, 2.75) is 6.92 Å². The summed E-state index contributed by atoms with van der Waals surface area (Å²) in [7, 11) is -3.50. The Kier molecular flexibility index (Phi) is 6.19. The third kappa shape index (κ3) is 4.41. The summed E-state index contributed by atoms with van der Waals surface area (Å²) < 4.78 is 33.8. The molecule has 0 atom stereocenters. The number of carbonyl (C=O) groups excluding carboxylic acids is 1. The van der Waals surface area contributed by atoms with Crippen LogP contribution in [0.4, 0.5) is 0 Å². The molecule has 0 spiro atoms. The Morgan fingerprint density at radius 2 is 1.43 bits per heavy atom. The van der Waals surface area contributed by atoms with E-state index in [1.807, 2.05) is 49.4 Å². The minimum atomic E-state index is -3.50. The molecule has 0 unspecified atom stereocenters. The molecule has 2 heterocycles. The second-order valence-corrected chi connectivity index (χ2v) is 9.59. The first-order valence-corrected chi connectivity index (χ1v) is 11.6. The van der Waals surface area contributed by atoms with Gasteiger partial charge in [-0.15, -0.1) is 0 Å². The zero-order valence-electron chi connectivity index (χ0n) is 17.2. The van der Waals surface area contributed by atoms with Gasteiger partial charge in [0.05, 0.1) is 13.2 Å². The maximum Gasteiger partial charge on any atom is 0.282 e. The zero-order valence-corrected chi connectivity index (χ0v) is 18.0. The van der Waals surface area contributed by atoms with E-state index in [4.69, 9.17) is 4.74 Å². The van der Waals surface area contributed by atoms with Gasteiger partial charge in [0.15, 0.2) is 0 Å². The largest absolute Gasteiger partial charge is 0.379 e. The van der Waals surface area contributed by atoms with E-state index in [-0.39, 0.29) is 5.91 Å². The lowest BCUT2D eigenvalue weighted by Gasteiger charge is -2.37. The molecular weight excluding hydrogens is 402 g/mol. The summed E-state index contributed by atoms with van der Waals surface area (Å²) in [4.78, 5) is 14.8. The van der Waals surface area contributed by atoms with Crippen molar-refractivity contribution in [3.05, 3.63) is 59.7 Å². The van der Waals surface area contributed by atoms with Crippen LogP contribution in [0.15, 0.2) is 48.5 Å².